The van der Waals surface area contributed by atoms with E-state index in [2.05, 4.69) is 10.1 Å². The molecule has 1 amide bonds. The van der Waals surface area contributed by atoms with Gasteiger partial charge in [0.2, 0.25) is 5.91 Å². The number of hydrogen-bond donors (Lipinski definition) is 2. The number of nitrogens with one attached hydrogen (secondary N) is 1. The summed E-state index contributed by atoms with van der Waals surface area (Å²) in [4.78, 5) is 24.0. The summed E-state index contributed by atoms with van der Waals surface area (Å²) in [5, 5.41) is 12.2. The number of rotatable bonds is 9. The van der Waals surface area contributed by atoms with Gasteiger partial charge in [-0.15, -0.1) is 0 Å². The van der Waals surface area contributed by atoms with Crippen molar-refractivity contribution in [2.45, 2.75) is 43.7 Å². The normalized spacial score (nSPS) is 14.0. The largest absolute Gasteiger partial charge is 0.467 e. The number of aliphatic hydroxyl groups is 1. The molecule has 7 nitrogen and oxygen atoms in total. The summed E-state index contributed by atoms with van der Waals surface area (Å²) in [5.74, 6) is -1.72. The minimum atomic E-state index is -3.59. The van der Waals surface area contributed by atoms with E-state index < -0.39 is 33.9 Å². The van der Waals surface area contributed by atoms with Gasteiger partial charge in [0.25, 0.3) is 0 Å². The van der Waals surface area contributed by atoms with Crippen LogP contribution in [0, 0.1) is 5.92 Å². The molecular weight excluding hydrogens is 346 g/mol. The molecule has 2 N–H and O–H groups in total. The van der Waals surface area contributed by atoms with Gasteiger partial charge in [-0.25, -0.2) is 13.2 Å². The van der Waals surface area contributed by atoms with Crippen LogP contribution in [0.2, 0.25) is 0 Å². The Morgan fingerprint density at radius 2 is 1.80 bits per heavy atom. The van der Waals surface area contributed by atoms with Gasteiger partial charge in [-0.1, -0.05) is 32.0 Å². The second-order valence-electron chi connectivity index (χ2n) is 6.15. The first-order valence-electron chi connectivity index (χ1n) is 8.01. The Hall–Kier alpha value is -1.93. The van der Waals surface area contributed by atoms with Gasteiger partial charge < -0.3 is 15.2 Å². The van der Waals surface area contributed by atoms with E-state index in [4.69, 9.17) is 0 Å². The maximum absolute atomic E-state index is 12.3. The zero-order chi connectivity index (χ0) is 19.0. The predicted octanol–water partition coefficient (Wildman–Crippen LogP) is 0.915. The Labute approximate surface area is 148 Å². The quantitative estimate of drug-likeness (QED) is 0.625. The average Bonchev–Trinajstić information content (AvgIpc) is 2.57. The lowest BCUT2D eigenvalue weighted by molar-refractivity contribution is -0.146. The van der Waals surface area contributed by atoms with Crippen LogP contribution in [0.4, 0.5) is 0 Å². The second kappa shape index (κ2) is 9.53. The molecule has 0 heterocycles. The summed E-state index contributed by atoms with van der Waals surface area (Å²) in [6.45, 7) is 3.70. The molecule has 0 radical (unpaired) electrons. The fourth-order valence-electron chi connectivity index (χ4n) is 2.23. The van der Waals surface area contributed by atoms with Crippen LogP contribution in [-0.4, -0.2) is 50.4 Å². The van der Waals surface area contributed by atoms with Crippen molar-refractivity contribution >= 4 is 21.7 Å². The molecule has 0 aromatic heterocycles. The van der Waals surface area contributed by atoms with Gasteiger partial charge in [0, 0.05) is 0 Å². The molecule has 0 saturated carbocycles. The SMILES string of the molecule is COC(=O)[C@H](CCS(=O)(=O)c1ccccc1)NC(=O)[C@H](O)CC(C)C. The van der Waals surface area contributed by atoms with Gasteiger partial charge >= 0.3 is 5.97 Å². The average molecular weight is 371 g/mol. The fraction of sp³-hybridized carbons (Fsp3) is 0.529. The third-order valence-corrected chi connectivity index (χ3v) is 5.34. The molecule has 8 heteroatoms. The fourth-order valence-corrected chi connectivity index (χ4v) is 3.58. The highest BCUT2D eigenvalue weighted by molar-refractivity contribution is 7.91. The van der Waals surface area contributed by atoms with Crippen LogP contribution < -0.4 is 5.32 Å². The van der Waals surface area contributed by atoms with Crippen LogP contribution in [0.25, 0.3) is 0 Å². The summed E-state index contributed by atoms with van der Waals surface area (Å²) in [7, 11) is -2.44. The summed E-state index contributed by atoms with van der Waals surface area (Å²) < 4.78 is 29.2. The monoisotopic (exact) mass is 371 g/mol. The van der Waals surface area contributed by atoms with Crippen LogP contribution in [0.5, 0.6) is 0 Å². The summed E-state index contributed by atoms with van der Waals surface area (Å²) in [5.41, 5.74) is 0. The first kappa shape index (κ1) is 21.1. The van der Waals surface area contributed by atoms with Crippen molar-refractivity contribution in [1.82, 2.24) is 5.32 Å². The number of esters is 1. The van der Waals surface area contributed by atoms with Crippen molar-refractivity contribution in [3.63, 3.8) is 0 Å². The Balaban J connectivity index is 2.77. The van der Waals surface area contributed by atoms with Crippen molar-refractivity contribution in [3.8, 4) is 0 Å². The van der Waals surface area contributed by atoms with Crippen molar-refractivity contribution in [2.24, 2.45) is 5.92 Å². The number of amides is 1. The molecule has 0 spiro atoms. The van der Waals surface area contributed by atoms with Crippen LogP contribution in [-0.2, 0) is 24.2 Å². The molecule has 0 bridgehead atoms. The minimum Gasteiger partial charge on any atom is -0.467 e. The van der Waals surface area contributed by atoms with Crippen molar-refractivity contribution in [2.75, 3.05) is 12.9 Å². The molecule has 140 valence electrons. The number of carbonyl (C=O) groups is 2. The van der Waals surface area contributed by atoms with E-state index in [0.29, 0.717) is 0 Å². The van der Waals surface area contributed by atoms with Gasteiger partial charge in [-0.2, -0.15) is 0 Å². The molecule has 0 fully saturated rings. The second-order valence-corrected chi connectivity index (χ2v) is 8.26. The first-order chi connectivity index (χ1) is 11.7. The Bertz CT molecular complexity index is 672. The van der Waals surface area contributed by atoms with E-state index in [1.165, 1.54) is 12.1 Å². The number of benzene rings is 1. The van der Waals surface area contributed by atoms with E-state index in [1.54, 1.807) is 18.2 Å². The highest BCUT2D eigenvalue weighted by Gasteiger charge is 2.27. The van der Waals surface area contributed by atoms with Gasteiger partial charge in [-0.05, 0) is 30.9 Å². The smallest absolute Gasteiger partial charge is 0.328 e. The number of aliphatic hydroxyl groups excluding tert-OH is 1. The van der Waals surface area contributed by atoms with Gasteiger partial charge in [0.15, 0.2) is 9.84 Å². The first-order valence-corrected chi connectivity index (χ1v) is 9.66. The third-order valence-electron chi connectivity index (χ3n) is 3.58. The molecule has 2 atom stereocenters. The topological polar surface area (TPSA) is 110 Å². The van der Waals surface area contributed by atoms with Gasteiger partial charge in [0.05, 0.1) is 17.8 Å². The Morgan fingerprint density at radius 1 is 1.20 bits per heavy atom. The van der Waals surface area contributed by atoms with Crippen LogP contribution in [0.15, 0.2) is 35.2 Å². The van der Waals surface area contributed by atoms with E-state index in [1.807, 2.05) is 13.8 Å². The molecule has 25 heavy (non-hydrogen) atoms. The van der Waals surface area contributed by atoms with Gasteiger partial charge in [0.1, 0.15) is 12.1 Å². The summed E-state index contributed by atoms with van der Waals surface area (Å²) in [6, 6.07) is 6.70. The molecule has 0 aliphatic heterocycles. The molecule has 0 unspecified atom stereocenters. The molecule has 0 saturated heterocycles. The number of methoxy groups -OCH3 is 1. The van der Waals surface area contributed by atoms with Crippen LogP contribution in [0.1, 0.15) is 26.7 Å². The summed E-state index contributed by atoms with van der Waals surface area (Å²) >= 11 is 0. The zero-order valence-corrected chi connectivity index (χ0v) is 15.5. The number of sulfone groups is 1. The molecule has 1 aromatic carbocycles. The molecule has 1 rings (SSSR count). The van der Waals surface area contributed by atoms with E-state index in [0.717, 1.165) is 7.11 Å². The Kier molecular flexibility index (Phi) is 8.05. The Morgan fingerprint density at radius 3 is 2.32 bits per heavy atom. The lowest BCUT2D eigenvalue weighted by atomic mass is 10.1. The standard InChI is InChI=1S/C17H25NO6S/c1-12(2)11-15(19)16(20)18-14(17(21)24-3)9-10-25(22,23)13-7-5-4-6-8-13/h4-8,12,14-15,19H,9-11H2,1-3H3,(H,18,20)/t14-,15+/m0/s1. The lowest BCUT2D eigenvalue weighted by Gasteiger charge is -2.19. The highest BCUT2D eigenvalue weighted by Crippen LogP contribution is 2.13. The van der Waals surface area contributed by atoms with Crippen LogP contribution in [0.3, 0.4) is 0 Å². The van der Waals surface area contributed by atoms with Crippen LogP contribution >= 0.6 is 0 Å². The highest BCUT2D eigenvalue weighted by atomic mass is 32.2. The number of carbonyl (C=O) groups excluding carboxylic acids is 2. The molecule has 0 aliphatic carbocycles. The summed E-state index contributed by atoms with van der Waals surface area (Å²) in [6.07, 6.45) is -1.18. The maximum atomic E-state index is 12.3. The molecule has 0 aliphatic rings. The lowest BCUT2D eigenvalue weighted by Crippen LogP contribution is -2.47. The van der Waals surface area contributed by atoms with E-state index >= 15 is 0 Å². The van der Waals surface area contributed by atoms with E-state index in [-0.39, 0.29) is 29.4 Å². The van der Waals surface area contributed by atoms with Gasteiger partial charge in [-0.3, -0.25) is 4.79 Å². The van der Waals surface area contributed by atoms with Crippen molar-refractivity contribution in [3.05, 3.63) is 30.3 Å². The number of ether oxygens (including phenoxy) is 1. The third kappa shape index (κ3) is 6.83. The van der Waals surface area contributed by atoms with Crippen molar-refractivity contribution < 1.29 is 27.9 Å². The predicted molar refractivity (Wildman–Crippen MR) is 92.5 cm³/mol. The maximum Gasteiger partial charge on any atom is 0.328 e. The number of hydrogen-bond acceptors (Lipinski definition) is 6. The zero-order valence-electron chi connectivity index (χ0n) is 14.6. The van der Waals surface area contributed by atoms with Crippen molar-refractivity contribution in [1.29, 1.82) is 0 Å². The van der Waals surface area contributed by atoms with E-state index in [9.17, 15) is 23.1 Å². The molecular formula is C17H25NO6S. The molecule has 1 aromatic rings. The minimum absolute atomic E-state index is 0.0933.